The van der Waals surface area contributed by atoms with Crippen molar-refractivity contribution in [3.05, 3.63) is 36.0 Å². The fourth-order valence-corrected chi connectivity index (χ4v) is 3.03. The highest BCUT2D eigenvalue weighted by Crippen LogP contribution is 2.19. The molecule has 2 aliphatic rings. The Balaban J connectivity index is 1.68. The zero-order chi connectivity index (χ0) is 16.6. The molecule has 6 nitrogen and oxygen atoms in total. The number of hydrogen-bond acceptors (Lipinski definition) is 4. The Kier molecular flexibility index (Phi) is 6.07. The van der Waals surface area contributed by atoms with E-state index in [9.17, 15) is 0 Å². The highest BCUT2D eigenvalue weighted by Gasteiger charge is 2.16. The second-order valence-corrected chi connectivity index (χ2v) is 6.06. The van der Waals surface area contributed by atoms with Crippen molar-refractivity contribution in [3.8, 4) is 0 Å². The largest absolute Gasteiger partial charge is 0.378 e. The maximum atomic E-state index is 5.44. The number of hydrogen-bond donors (Lipinski definition) is 2. The fraction of sp³-hybridized carbons (Fsp3) is 0.556. The molecule has 1 aromatic heterocycles. The number of rotatable bonds is 5. The van der Waals surface area contributed by atoms with Crippen LogP contribution in [0.2, 0.25) is 0 Å². The Morgan fingerprint density at radius 2 is 2.12 bits per heavy atom. The first-order valence-corrected chi connectivity index (χ1v) is 8.83. The van der Waals surface area contributed by atoms with E-state index in [2.05, 4.69) is 45.7 Å². The molecule has 0 atom stereocenters. The van der Waals surface area contributed by atoms with Gasteiger partial charge in [-0.3, -0.25) is 0 Å². The maximum absolute atomic E-state index is 5.44. The molecule has 0 amide bonds. The summed E-state index contributed by atoms with van der Waals surface area (Å²) >= 11 is 0. The van der Waals surface area contributed by atoms with E-state index in [1.165, 1.54) is 0 Å². The second-order valence-electron chi connectivity index (χ2n) is 6.06. The topological polar surface area (TPSA) is 61.8 Å². The number of pyridine rings is 1. The van der Waals surface area contributed by atoms with Gasteiger partial charge in [-0.1, -0.05) is 18.2 Å². The van der Waals surface area contributed by atoms with Crippen molar-refractivity contribution in [2.75, 3.05) is 37.7 Å². The molecular weight excluding hydrogens is 302 g/mol. The molecule has 6 heteroatoms. The Morgan fingerprint density at radius 1 is 1.33 bits per heavy atom. The van der Waals surface area contributed by atoms with Crippen molar-refractivity contribution >= 4 is 11.8 Å². The van der Waals surface area contributed by atoms with Gasteiger partial charge in [0, 0.05) is 37.4 Å². The Hall–Kier alpha value is -2.08. The fourth-order valence-electron chi connectivity index (χ4n) is 3.03. The van der Waals surface area contributed by atoms with Gasteiger partial charge in [0.15, 0.2) is 5.96 Å². The van der Waals surface area contributed by atoms with Crippen LogP contribution in [0.3, 0.4) is 0 Å². The van der Waals surface area contributed by atoms with Crippen LogP contribution in [0.25, 0.3) is 0 Å². The maximum Gasteiger partial charge on any atom is 0.191 e. The van der Waals surface area contributed by atoms with Crippen LogP contribution in [0.15, 0.2) is 35.5 Å². The molecule has 2 heterocycles. The average Bonchev–Trinajstić information content (AvgIpc) is 3.14. The van der Waals surface area contributed by atoms with Gasteiger partial charge in [0.1, 0.15) is 5.82 Å². The van der Waals surface area contributed by atoms with Gasteiger partial charge in [0.05, 0.1) is 19.8 Å². The molecular formula is C18H27N5O. The monoisotopic (exact) mass is 329 g/mol. The lowest BCUT2D eigenvalue weighted by atomic mass is 10.2. The minimum Gasteiger partial charge on any atom is -0.378 e. The standard InChI is InChI=1S/C18H27N5O/c1-2-19-18(22-16-7-3-4-8-16)21-14-15-6-5-9-20-17(15)23-10-12-24-13-11-23/h3-6,9,16H,2,7-8,10-14H2,1H3,(H2,19,21,22). The first-order valence-electron chi connectivity index (χ1n) is 8.83. The number of ether oxygens (including phenoxy) is 1. The molecule has 0 saturated carbocycles. The highest BCUT2D eigenvalue weighted by molar-refractivity contribution is 5.80. The van der Waals surface area contributed by atoms with Crippen LogP contribution in [0.4, 0.5) is 5.82 Å². The van der Waals surface area contributed by atoms with E-state index in [0.717, 1.165) is 63.0 Å². The highest BCUT2D eigenvalue weighted by atomic mass is 16.5. The minimum absolute atomic E-state index is 0.454. The molecule has 0 aromatic carbocycles. The Labute approximate surface area is 144 Å². The third-order valence-electron chi connectivity index (χ3n) is 4.28. The zero-order valence-corrected chi connectivity index (χ0v) is 14.4. The lowest BCUT2D eigenvalue weighted by Crippen LogP contribution is -2.42. The van der Waals surface area contributed by atoms with E-state index in [4.69, 9.17) is 9.73 Å². The average molecular weight is 329 g/mol. The van der Waals surface area contributed by atoms with Crippen LogP contribution in [0, 0.1) is 0 Å². The third kappa shape index (κ3) is 4.47. The minimum atomic E-state index is 0.454. The number of guanidine groups is 1. The lowest BCUT2D eigenvalue weighted by molar-refractivity contribution is 0.122. The van der Waals surface area contributed by atoms with Crippen molar-refractivity contribution in [3.63, 3.8) is 0 Å². The smallest absolute Gasteiger partial charge is 0.191 e. The summed E-state index contributed by atoms with van der Waals surface area (Å²) in [5.74, 6) is 1.91. The first kappa shape index (κ1) is 16.8. The molecule has 1 aromatic rings. The molecule has 2 N–H and O–H groups in total. The van der Waals surface area contributed by atoms with Gasteiger partial charge in [0.25, 0.3) is 0 Å². The van der Waals surface area contributed by atoms with E-state index in [-0.39, 0.29) is 0 Å². The third-order valence-corrected chi connectivity index (χ3v) is 4.28. The summed E-state index contributed by atoms with van der Waals surface area (Å²) in [6.07, 6.45) is 8.43. The Morgan fingerprint density at radius 3 is 2.88 bits per heavy atom. The SMILES string of the molecule is CCNC(=NCc1cccnc1N1CCOCC1)NC1CC=CC1. The number of aliphatic imine (C=N–C) groups is 1. The summed E-state index contributed by atoms with van der Waals surface area (Å²) in [6, 6.07) is 4.55. The van der Waals surface area contributed by atoms with E-state index < -0.39 is 0 Å². The summed E-state index contributed by atoms with van der Waals surface area (Å²) < 4.78 is 5.44. The van der Waals surface area contributed by atoms with Gasteiger partial charge in [-0.25, -0.2) is 9.98 Å². The normalized spacial score (nSPS) is 18.9. The number of anilines is 1. The molecule has 1 aliphatic carbocycles. The first-order chi connectivity index (χ1) is 11.9. The molecule has 130 valence electrons. The second kappa shape index (κ2) is 8.68. The Bertz CT molecular complexity index is 573. The molecule has 0 unspecified atom stereocenters. The summed E-state index contributed by atoms with van der Waals surface area (Å²) in [7, 11) is 0. The predicted octanol–water partition coefficient (Wildman–Crippen LogP) is 1.69. The summed E-state index contributed by atoms with van der Waals surface area (Å²) in [5, 5.41) is 6.84. The van der Waals surface area contributed by atoms with E-state index in [0.29, 0.717) is 12.6 Å². The molecule has 0 bridgehead atoms. The van der Waals surface area contributed by atoms with Gasteiger partial charge < -0.3 is 20.3 Å². The number of aromatic nitrogens is 1. The number of nitrogens with zero attached hydrogens (tertiary/aromatic N) is 3. The van der Waals surface area contributed by atoms with Crippen LogP contribution < -0.4 is 15.5 Å². The van der Waals surface area contributed by atoms with Gasteiger partial charge in [-0.15, -0.1) is 0 Å². The molecule has 0 spiro atoms. The van der Waals surface area contributed by atoms with Crippen molar-refractivity contribution in [1.82, 2.24) is 15.6 Å². The molecule has 24 heavy (non-hydrogen) atoms. The molecule has 0 radical (unpaired) electrons. The van der Waals surface area contributed by atoms with Gasteiger partial charge in [-0.05, 0) is 25.8 Å². The number of morpholine rings is 1. The summed E-state index contributed by atoms with van der Waals surface area (Å²) in [6.45, 7) is 6.87. The van der Waals surface area contributed by atoms with Crippen LogP contribution in [0.1, 0.15) is 25.3 Å². The lowest BCUT2D eigenvalue weighted by Gasteiger charge is -2.29. The van der Waals surface area contributed by atoms with E-state index >= 15 is 0 Å². The van der Waals surface area contributed by atoms with E-state index in [1.54, 1.807) is 0 Å². The van der Waals surface area contributed by atoms with Crippen LogP contribution in [-0.2, 0) is 11.3 Å². The van der Waals surface area contributed by atoms with Crippen molar-refractivity contribution in [2.45, 2.75) is 32.4 Å². The van der Waals surface area contributed by atoms with Crippen molar-refractivity contribution < 1.29 is 4.74 Å². The molecule has 3 rings (SSSR count). The predicted molar refractivity (Wildman–Crippen MR) is 97.4 cm³/mol. The van der Waals surface area contributed by atoms with Crippen molar-refractivity contribution in [2.24, 2.45) is 4.99 Å². The van der Waals surface area contributed by atoms with Crippen molar-refractivity contribution in [1.29, 1.82) is 0 Å². The molecule has 1 saturated heterocycles. The molecule has 1 aliphatic heterocycles. The number of nitrogens with one attached hydrogen (secondary N) is 2. The van der Waals surface area contributed by atoms with Crippen LogP contribution in [-0.4, -0.2) is 49.8 Å². The van der Waals surface area contributed by atoms with E-state index in [1.807, 2.05) is 12.3 Å². The molecule has 1 fully saturated rings. The van der Waals surface area contributed by atoms with Crippen LogP contribution >= 0.6 is 0 Å². The van der Waals surface area contributed by atoms with Gasteiger partial charge in [0.2, 0.25) is 0 Å². The van der Waals surface area contributed by atoms with Crippen LogP contribution in [0.5, 0.6) is 0 Å². The van der Waals surface area contributed by atoms with Gasteiger partial charge in [-0.2, -0.15) is 0 Å². The summed E-state index contributed by atoms with van der Waals surface area (Å²) in [5.41, 5.74) is 1.15. The van der Waals surface area contributed by atoms with Gasteiger partial charge >= 0.3 is 0 Å². The zero-order valence-electron chi connectivity index (χ0n) is 14.4. The summed E-state index contributed by atoms with van der Waals surface area (Å²) in [4.78, 5) is 11.6. The quantitative estimate of drug-likeness (QED) is 0.489.